The number of methoxy groups -OCH3 is 2. The summed E-state index contributed by atoms with van der Waals surface area (Å²) >= 11 is 1.28. The molecular weight excluding hydrogens is 368 g/mol. The standard InChI is InChI=1S/C19H18N2O5S/c1-4-26-18(23)11-5-6-15-16(9-11)27-19(20-15)21-17(22)12-7-13(24-2)10-14(8-12)25-3/h5-10H,4H2,1-3H3,(H,20,21,22). The van der Waals surface area contributed by atoms with Crippen molar-refractivity contribution in [2.24, 2.45) is 0 Å². The fourth-order valence-electron chi connectivity index (χ4n) is 2.43. The molecule has 0 bridgehead atoms. The molecule has 0 atom stereocenters. The number of benzene rings is 2. The van der Waals surface area contributed by atoms with Crippen LogP contribution in [0.2, 0.25) is 0 Å². The third-order valence-corrected chi connectivity index (χ3v) is 4.67. The predicted molar refractivity (Wildman–Crippen MR) is 103 cm³/mol. The summed E-state index contributed by atoms with van der Waals surface area (Å²) < 4.78 is 16.1. The van der Waals surface area contributed by atoms with Crippen LogP contribution >= 0.6 is 11.3 Å². The van der Waals surface area contributed by atoms with Crippen LogP contribution in [0.4, 0.5) is 5.13 Å². The third-order valence-electron chi connectivity index (χ3n) is 3.73. The number of fused-ring (bicyclic) bond motifs is 1. The molecule has 2 aromatic carbocycles. The van der Waals surface area contributed by atoms with Gasteiger partial charge in [0.2, 0.25) is 0 Å². The highest BCUT2D eigenvalue weighted by atomic mass is 32.1. The van der Waals surface area contributed by atoms with E-state index in [9.17, 15) is 9.59 Å². The highest BCUT2D eigenvalue weighted by Gasteiger charge is 2.14. The molecule has 0 saturated heterocycles. The van der Waals surface area contributed by atoms with E-state index in [1.807, 2.05) is 0 Å². The van der Waals surface area contributed by atoms with E-state index in [0.29, 0.717) is 39.9 Å². The summed E-state index contributed by atoms with van der Waals surface area (Å²) in [6, 6.07) is 10.00. The smallest absolute Gasteiger partial charge is 0.338 e. The van der Waals surface area contributed by atoms with Crippen molar-refractivity contribution in [1.82, 2.24) is 4.98 Å². The lowest BCUT2D eigenvalue weighted by atomic mass is 10.2. The van der Waals surface area contributed by atoms with Gasteiger partial charge >= 0.3 is 5.97 Å². The van der Waals surface area contributed by atoms with Crippen LogP contribution in [0.5, 0.6) is 11.5 Å². The van der Waals surface area contributed by atoms with Gasteiger partial charge in [0.25, 0.3) is 5.91 Å². The first-order valence-corrected chi connectivity index (χ1v) is 8.97. The quantitative estimate of drug-likeness (QED) is 0.650. The summed E-state index contributed by atoms with van der Waals surface area (Å²) in [5.74, 6) is 0.310. The monoisotopic (exact) mass is 386 g/mol. The van der Waals surface area contributed by atoms with Crippen LogP contribution in [0.3, 0.4) is 0 Å². The molecule has 0 unspecified atom stereocenters. The van der Waals surface area contributed by atoms with E-state index in [2.05, 4.69) is 10.3 Å². The maximum Gasteiger partial charge on any atom is 0.338 e. The molecule has 140 valence electrons. The average molecular weight is 386 g/mol. The van der Waals surface area contributed by atoms with Gasteiger partial charge in [-0.15, -0.1) is 0 Å². The van der Waals surface area contributed by atoms with E-state index in [1.165, 1.54) is 25.6 Å². The molecule has 3 rings (SSSR count). The lowest BCUT2D eigenvalue weighted by molar-refractivity contribution is 0.0526. The number of nitrogens with zero attached hydrogens (tertiary/aromatic N) is 1. The highest BCUT2D eigenvalue weighted by Crippen LogP contribution is 2.28. The Morgan fingerprint density at radius 1 is 1.04 bits per heavy atom. The largest absolute Gasteiger partial charge is 0.497 e. The molecule has 8 heteroatoms. The topological polar surface area (TPSA) is 86.8 Å². The summed E-state index contributed by atoms with van der Waals surface area (Å²) in [5, 5.41) is 3.19. The normalized spacial score (nSPS) is 10.5. The van der Waals surface area contributed by atoms with Gasteiger partial charge in [-0.2, -0.15) is 0 Å². The van der Waals surface area contributed by atoms with Crippen molar-refractivity contribution >= 4 is 38.6 Å². The second-order valence-electron chi connectivity index (χ2n) is 5.48. The van der Waals surface area contributed by atoms with E-state index in [1.54, 1.807) is 43.3 Å². The number of thiazole rings is 1. The maximum atomic E-state index is 12.6. The third kappa shape index (κ3) is 4.17. The van der Waals surface area contributed by atoms with Gasteiger partial charge in [-0.25, -0.2) is 9.78 Å². The first-order valence-electron chi connectivity index (χ1n) is 8.16. The van der Waals surface area contributed by atoms with E-state index >= 15 is 0 Å². The van der Waals surface area contributed by atoms with Gasteiger partial charge in [-0.3, -0.25) is 10.1 Å². The molecule has 0 fully saturated rings. The molecule has 0 aliphatic carbocycles. The Bertz CT molecular complexity index is 977. The van der Waals surface area contributed by atoms with Crippen molar-refractivity contribution in [3.8, 4) is 11.5 Å². The molecule has 3 aromatic rings. The number of esters is 1. The lowest BCUT2D eigenvalue weighted by Crippen LogP contribution is -2.12. The Morgan fingerprint density at radius 3 is 2.37 bits per heavy atom. The molecule has 0 saturated carbocycles. The van der Waals surface area contributed by atoms with Gasteiger partial charge in [-0.1, -0.05) is 11.3 Å². The van der Waals surface area contributed by atoms with Gasteiger partial charge in [0, 0.05) is 11.6 Å². The molecule has 0 spiro atoms. The number of nitrogens with one attached hydrogen (secondary N) is 1. The number of hydrogen-bond acceptors (Lipinski definition) is 7. The number of amides is 1. The zero-order valence-corrected chi connectivity index (χ0v) is 15.9. The van der Waals surface area contributed by atoms with Crippen LogP contribution in [0.25, 0.3) is 10.2 Å². The van der Waals surface area contributed by atoms with Gasteiger partial charge in [0.15, 0.2) is 5.13 Å². The molecule has 1 heterocycles. The maximum absolute atomic E-state index is 12.6. The average Bonchev–Trinajstić information content (AvgIpc) is 3.08. The minimum absolute atomic E-state index is 0.310. The summed E-state index contributed by atoms with van der Waals surface area (Å²) in [6.45, 7) is 2.06. The molecular formula is C19H18N2O5S. The number of carbonyl (C=O) groups excluding carboxylic acids is 2. The van der Waals surface area contributed by atoms with Crippen LogP contribution in [0.1, 0.15) is 27.6 Å². The fraction of sp³-hybridized carbons (Fsp3) is 0.211. The first-order chi connectivity index (χ1) is 13.0. The van der Waals surface area contributed by atoms with Crippen LogP contribution in [-0.4, -0.2) is 37.7 Å². The molecule has 1 amide bonds. The zero-order chi connectivity index (χ0) is 19.4. The van der Waals surface area contributed by atoms with Crippen molar-refractivity contribution in [2.75, 3.05) is 26.1 Å². The van der Waals surface area contributed by atoms with Crippen LogP contribution in [-0.2, 0) is 4.74 Å². The molecule has 0 aliphatic heterocycles. The second kappa shape index (κ2) is 8.05. The second-order valence-corrected chi connectivity index (χ2v) is 6.51. The van der Waals surface area contributed by atoms with Crippen molar-refractivity contribution in [2.45, 2.75) is 6.92 Å². The highest BCUT2D eigenvalue weighted by molar-refractivity contribution is 7.22. The van der Waals surface area contributed by atoms with E-state index < -0.39 is 0 Å². The molecule has 1 N–H and O–H groups in total. The Morgan fingerprint density at radius 2 is 1.74 bits per heavy atom. The Kier molecular flexibility index (Phi) is 5.56. The minimum atomic E-state index is -0.387. The molecule has 0 aliphatic rings. The minimum Gasteiger partial charge on any atom is -0.497 e. The van der Waals surface area contributed by atoms with E-state index in [-0.39, 0.29) is 11.9 Å². The summed E-state index contributed by atoms with van der Waals surface area (Å²) in [7, 11) is 3.04. The molecule has 1 aromatic heterocycles. The summed E-state index contributed by atoms with van der Waals surface area (Å²) in [5.41, 5.74) is 1.52. The first kappa shape index (κ1) is 18.7. The number of carbonyl (C=O) groups is 2. The molecule has 7 nitrogen and oxygen atoms in total. The molecule has 0 radical (unpaired) electrons. The van der Waals surface area contributed by atoms with Crippen molar-refractivity contribution in [1.29, 1.82) is 0 Å². The Balaban J connectivity index is 1.84. The Hall–Kier alpha value is -3.13. The van der Waals surface area contributed by atoms with Crippen molar-refractivity contribution in [3.63, 3.8) is 0 Å². The van der Waals surface area contributed by atoms with E-state index in [4.69, 9.17) is 14.2 Å². The SMILES string of the molecule is CCOC(=O)c1ccc2nc(NC(=O)c3cc(OC)cc(OC)c3)sc2c1. The number of rotatable bonds is 6. The Labute approximate surface area is 159 Å². The summed E-state index contributed by atoms with van der Waals surface area (Å²) in [4.78, 5) is 28.8. The van der Waals surface area contributed by atoms with Crippen LogP contribution in [0, 0.1) is 0 Å². The molecule has 27 heavy (non-hydrogen) atoms. The van der Waals surface area contributed by atoms with Crippen LogP contribution in [0.15, 0.2) is 36.4 Å². The predicted octanol–water partition coefficient (Wildman–Crippen LogP) is 3.74. The number of anilines is 1. The number of aromatic nitrogens is 1. The van der Waals surface area contributed by atoms with Crippen molar-refractivity contribution in [3.05, 3.63) is 47.5 Å². The van der Waals surface area contributed by atoms with Crippen LogP contribution < -0.4 is 14.8 Å². The summed E-state index contributed by atoms with van der Waals surface area (Å²) in [6.07, 6.45) is 0. The number of ether oxygens (including phenoxy) is 3. The number of hydrogen-bond donors (Lipinski definition) is 1. The van der Waals surface area contributed by atoms with Crippen molar-refractivity contribution < 1.29 is 23.8 Å². The van der Waals surface area contributed by atoms with Gasteiger partial charge in [0.05, 0.1) is 36.6 Å². The fourth-order valence-corrected chi connectivity index (χ4v) is 3.33. The lowest BCUT2D eigenvalue weighted by Gasteiger charge is -2.07. The van der Waals surface area contributed by atoms with Gasteiger partial charge in [0.1, 0.15) is 11.5 Å². The zero-order valence-electron chi connectivity index (χ0n) is 15.1. The van der Waals surface area contributed by atoms with Gasteiger partial charge < -0.3 is 14.2 Å². The van der Waals surface area contributed by atoms with Gasteiger partial charge in [-0.05, 0) is 37.3 Å². The van der Waals surface area contributed by atoms with E-state index in [0.717, 1.165) is 4.70 Å².